The van der Waals surface area contributed by atoms with Crippen molar-refractivity contribution < 1.29 is 29.0 Å². The van der Waals surface area contributed by atoms with Crippen LogP contribution in [0.2, 0.25) is 0 Å². The molecule has 2 fully saturated rings. The van der Waals surface area contributed by atoms with Gasteiger partial charge in [-0.3, -0.25) is 24.6 Å². The Bertz CT molecular complexity index is 1140. The van der Waals surface area contributed by atoms with Crippen LogP contribution in [0.4, 0.5) is 5.69 Å². The van der Waals surface area contributed by atoms with Crippen LogP contribution in [0.25, 0.3) is 0 Å². The van der Waals surface area contributed by atoms with Crippen LogP contribution in [0.3, 0.4) is 0 Å². The molecule has 1 aromatic carbocycles. The van der Waals surface area contributed by atoms with E-state index in [1.807, 2.05) is 38.2 Å². The van der Waals surface area contributed by atoms with Gasteiger partial charge in [0.1, 0.15) is 6.29 Å². The molecular formula is C31H45N5O6. The second-order valence-corrected chi connectivity index (χ2v) is 9.30. The van der Waals surface area contributed by atoms with Gasteiger partial charge in [0.05, 0.1) is 12.9 Å². The molecule has 0 saturated carbocycles. The summed E-state index contributed by atoms with van der Waals surface area (Å²) in [6, 6.07) is 4.84. The zero-order valence-electron chi connectivity index (χ0n) is 25.0. The number of aryl methyl sites for hydroxylation is 1. The van der Waals surface area contributed by atoms with E-state index in [0.717, 1.165) is 49.9 Å². The number of nitrogens with two attached hydrogens (primary N) is 1. The number of allylic oxidation sites excluding steroid dienone is 5. The van der Waals surface area contributed by atoms with E-state index in [-0.39, 0.29) is 6.61 Å². The number of amides is 3. The minimum atomic E-state index is -1.68. The largest absolute Gasteiger partial charge is 0.390 e. The van der Waals surface area contributed by atoms with Gasteiger partial charge in [-0.25, -0.2) is 0 Å². The molecule has 2 saturated heterocycles. The highest BCUT2D eigenvalue weighted by Crippen LogP contribution is 2.23. The van der Waals surface area contributed by atoms with Crippen molar-refractivity contribution in [2.75, 3.05) is 31.6 Å². The van der Waals surface area contributed by atoms with E-state index < -0.39 is 24.0 Å². The quantitative estimate of drug-likeness (QED) is 0.217. The number of aldehydes is 1. The summed E-state index contributed by atoms with van der Waals surface area (Å²) in [4.78, 5) is 49.9. The summed E-state index contributed by atoms with van der Waals surface area (Å²) in [5.41, 5.74) is 7.87. The molecule has 4 rings (SSSR count). The zero-order chi connectivity index (χ0) is 31.5. The summed E-state index contributed by atoms with van der Waals surface area (Å²) in [5, 5.41) is 18.9. The maximum Gasteiger partial charge on any atom is 0.259 e. The second kappa shape index (κ2) is 19.9. The van der Waals surface area contributed by atoms with Crippen LogP contribution in [0.5, 0.6) is 0 Å². The number of carbonyl (C=O) groups is 4. The van der Waals surface area contributed by atoms with Gasteiger partial charge in [-0.15, -0.1) is 0 Å². The van der Waals surface area contributed by atoms with Gasteiger partial charge in [-0.2, -0.15) is 0 Å². The third-order valence-corrected chi connectivity index (χ3v) is 6.54. The fraction of sp³-hybridized carbons (Fsp3) is 0.452. The molecule has 0 aromatic heterocycles. The molecule has 42 heavy (non-hydrogen) atoms. The number of morpholine rings is 1. The molecule has 5 N–H and O–H groups in total. The van der Waals surface area contributed by atoms with Crippen molar-refractivity contribution in [3.63, 3.8) is 0 Å². The summed E-state index contributed by atoms with van der Waals surface area (Å²) in [6.45, 7) is 10.3. The first-order valence-electron chi connectivity index (χ1n) is 14.2. The summed E-state index contributed by atoms with van der Waals surface area (Å²) in [6.07, 6.45) is 11.2. The maximum atomic E-state index is 13.0. The van der Waals surface area contributed by atoms with Crippen LogP contribution in [-0.4, -0.2) is 84.2 Å². The van der Waals surface area contributed by atoms with Crippen molar-refractivity contribution >= 4 is 36.5 Å². The smallest absolute Gasteiger partial charge is 0.259 e. The van der Waals surface area contributed by atoms with E-state index in [4.69, 9.17) is 10.1 Å². The monoisotopic (exact) mass is 583 g/mol. The first-order valence-corrected chi connectivity index (χ1v) is 14.2. The molecule has 0 radical (unpaired) electrons. The molecule has 2 aliphatic heterocycles. The van der Waals surface area contributed by atoms with E-state index >= 15 is 0 Å². The molecule has 1 aromatic rings. The van der Waals surface area contributed by atoms with Crippen LogP contribution in [-0.2, 0) is 19.1 Å². The Hall–Kier alpha value is -4.09. The first kappa shape index (κ1) is 35.9. The topological polar surface area (TPSA) is 166 Å². The number of rotatable bonds is 7. The van der Waals surface area contributed by atoms with Crippen molar-refractivity contribution in [1.82, 2.24) is 9.80 Å². The Balaban J connectivity index is 0.000000618. The van der Waals surface area contributed by atoms with E-state index in [0.29, 0.717) is 24.1 Å². The number of nitrogens with one attached hydrogen (secondary N) is 2. The van der Waals surface area contributed by atoms with Crippen LogP contribution in [0.1, 0.15) is 62.4 Å². The third-order valence-electron chi connectivity index (χ3n) is 6.54. The van der Waals surface area contributed by atoms with Gasteiger partial charge in [0.25, 0.3) is 11.8 Å². The highest BCUT2D eigenvalue weighted by molar-refractivity contribution is 5.99. The Labute approximate surface area is 248 Å². The Kier molecular flexibility index (Phi) is 17.0. The average Bonchev–Trinajstić information content (AvgIpc) is 3.44. The Morgan fingerprint density at radius 2 is 1.90 bits per heavy atom. The Morgan fingerprint density at radius 3 is 2.48 bits per heavy atom. The van der Waals surface area contributed by atoms with Gasteiger partial charge in [0, 0.05) is 36.6 Å². The van der Waals surface area contributed by atoms with Crippen LogP contribution in [0, 0.1) is 12.3 Å². The summed E-state index contributed by atoms with van der Waals surface area (Å²) < 4.78 is 5.46. The molecule has 2 atom stereocenters. The second-order valence-electron chi connectivity index (χ2n) is 9.30. The molecule has 0 unspecified atom stereocenters. The fourth-order valence-electron chi connectivity index (χ4n) is 4.25. The molecular weight excluding hydrogens is 538 g/mol. The first-order chi connectivity index (χ1) is 20.3. The standard InChI is InChI=1S/C23H26N2O5.C5H9NO.C2H6.CH4N2/c1-3-16-6-4-5-7-19(12-16)25-10-11-30-21(23(25)29)20(27)22(28)24-18-9-8-15(2)17(13-18)14-26;7-5-6-3-1-2-4-6;1-2;2-1-3/h4-5,7-9,12-14,20-21,27H,3,6,10-11H2,1-2H3,(H,24,28);5H,1-4H2;1-2H3;1H,(H3,2,3)/t20-,21-;;;/m1.../s1. The predicted molar refractivity (Wildman–Crippen MR) is 164 cm³/mol. The maximum absolute atomic E-state index is 13.0. The predicted octanol–water partition coefficient (Wildman–Crippen LogP) is 3.33. The van der Waals surface area contributed by atoms with Crippen molar-refractivity contribution in [3.05, 3.63) is 64.9 Å². The van der Waals surface area contributed by atoms with Gasteiger partial charge >= 0.3 is 0 Å². The number of nitrogens with zero attached hydrogens (tertiary/aromatic N) is 2. The van der Waals surface area contributed by atoms with Gasteiger partial charge in [0.2, 0.25) is 6.41 Å². The number of carbonyl (C=O) groups excluding carboxylic acids is 4. The summed E-state index contributed by atoms with van der Waals surface area (Å²) in [7, 11) is 0. The van der Waals surface area contributed by atoms with E-state index in [1.54, 1.807) is 28.9 Å². The Morgan fingerprint density at radius 1 is 1.24 bits per heavy atom. The molecule has 0 bridgehead atoms. The summed E-state index contributed by atoms with van der Waals surface area (Å²) >= 11 is 0. The number of hydrogen-bond acceptors (Lipinski definition) is 7. The number of benzene rings is 1. The van der Waals surface area contributed by atoms with Crippen LogP contribution >= 0.6 is 0 Å². The number of likely N-dealkylation sites (tertiary alicyclic amines) is 1. The zero-order valence-corrected chi connectivity index (χ0v) is 25.0. The number of ether oxygens (including phenoxy) is 1. The normalized spacial score (nSPS) is 18.2. The van der Waals surface area contributed by atoms with Crippen molar-refractivity contribution in [3.8, 4) is 0 Å². The average molecular weight is 584 g/mol. The molecule has 11 nitrogen and oxygen atoms in total. The molecule has 230 valence electrons. The number of hydrogen-bond donors (Lipinski definition) is 4. The summed E-state index contributed by atoms with van der Waals surface area (Å²) in [5.74, 6) is -1.23. The molecule has 2 heterocycles. The molecule has 11 heteroatoms. The van der Waals surface area contributed by atoms with Gasteiger partial charge in [0.15, 0.2) is 12.2 Å². The van der Waals surface area contributed by atoms with E-state index in [9.17, 15) is 24.3 Å². The number of aliphatic hydroxyl groups is 1. The lowest BCUT2D eigenvalue weighted by Crippen LogP contribution is -2.54. The minimum Gasteiger partial charge on any atom is -0.390 e. The number of aliphatic hydroxyl groups excluding tert-OH is 1. The van der Waals surface area contributed by atoms with Gasteiger partial charge < -0.3 is 30.7 Å². The minimum absolute atomic E-state index is 0.205. The lowest BCUT2D eigenvalue weighted by molar-refractivity contribution is -0.163. The lowest BCUT2D eigenvalue weighted by Gasteiger charge is -2.34. The van der Waals surface area contributed by atoms with Crippen molar-refractivity contribution in [1.29, 1.82) is 5.41 Å². The van der Waals surface area contributed by atoms with Crippen molar-refractivity contribution in [2.45, 2.75) is 65.6 Å². The highest BCUT2D eigenvalue weighted by Gasteiger charge is 2.39. The lowest BCUT2D eigenvalue weighted by atomic mass is 10.1. The van der Waals surface area contributed by atoms with Gasteiger partial charge in [-0.05, 0) is 62.5 Å². The van der Waals surface area contributed by atoms with E-state index in [1.165, 1.54) is 24.5 Å². The van der Waals surface area contributed by atoms with Crippen LogP contribution in [0.15, 0.2) is 53.8 Å². The van der Waals surface area contributed by atoms with Crippen molar-refractivity contribution in [2.24, 2.45) is 5.73 Å². The van der Waals surface area contributed by atoms with Crippen LogP contribution < -0.4 is 11.1 Å². The molecule has 0 spiro atoms. The van der Waals surface area contributed by atoms with E-state index in [2.05, 4.69) is 18.0 Å². The highest BCUT2D eigenvalue weighted by atomic mass is 16.5. The molecule has 1 aliphatic carbocycles. The third kappa shape index (κ3) is 11.1. The number of anilines is 1. The van der Waals surface area contributed by atoms with Gasteiger partial charge in [-0.1, -0.05) is 44.6 Å². The molecule has 3 amide bonds. The SMILES string of the molecule is CC.CCC1=CC(N2CCO[C@H]([C@@H](O)C(=O)Nc3ccc(C)c(C=O)c3)C2=O)=CC=CC1.N=CN.O=CN1CCCC1. The fourth-order valence-corrected chi connectivity index (χ4v) is 4.25. The molecule has 3 aliphatic rings.